The molecule has 0 unspecified atom stereocenters. The summed E-state index contributed by atoms with van der Waals surface area (Å²) < 4.78 is 24.0. The van der Waals surface area contributed by atoms with Gasteiger partial charge in [0.2, 0.25) is 11.6 Å². The number of benzene rings is 3. The summed E-state index contributed by atoms with van der Waals surface area (Å²) in [6.07, 6.45) is -3.12. The van der Waals surface area contributed by atoms with Crippen LogP contribution in [0.5, 0.6) is 0 Å². The van der Waals surface area contributed by atoms with Gasteiger partial charge in [-0.1, -0.05) is 68.4 Å². The van der Waals surface area contributed by atoms with Crippen molar-refractivity contribution in [1.29, 1.82) is 0 Å². The summed E-state index contributed by atoms with van der Waals surface area (Å²) in [5.41, 5.74) is -6.55. The van der Waals surface area contributed by atoms with E-state index in [2.05, 4.69) is 0 Å². The lowest BCUT2D eigenvalue weighted by Crippen LogP contribution is -2.81. The number of rotatable bonds is 6. The molecule has 53 heavy (non-hydrogen) atoms. The van der Waals surface area contributed by atoms with Gasteiger partial charge in [0.05, 0.1) is 29.6 Å². The summed E-state index contributed by atoms with van der Waals surface area (Å²) in [7, 11) is 0. The lowest BCUT2D eigenvalue weighted by Gasteiger charge is -2.66. The van der Waals surface area contributed by atoms with Gasteiger partial charge in [-0.05, 0) is 60.0 Å². The molecule has 1 heterocycles. The number of ether oxygens (including phenoxy) is 4. The van der Waals surface area contributed by atoms with E-state index in [1.807, 2.05) is 42.5 Å². The maximum atomic E-state index is 14.7. The largest absolute Gasteiger partial charge is 0.455 e. The number of carbonyl (C=O) groups excluding carboxylic acids is 5. The number of fused-ring (bicyclic) bond motifs is 6. The van der Waals surface area contributed by atoms with Crippen molar-refractivity contribution in [3.8, 4) is 0 Å². The van der Waals surface area contributed by atoms with Crippen molar-refractivity contribution in [1.82, 2.24) is 0 Å². The molecule has 3 fully saturated rings. The van der Waals surface area contributed by atoms with Crippen LogP contribution in [0.25, 0.3) is 16.8 Å². The zero-order valence-electron chi connectivity index (χ0n) is 30.2. The maximum Gasteiger partial charge on any atom is 0.338 e. The summed E-state index contributed by atoms with van der Waals surface area (Å²) in [6, 6.07) is 21.5. The summed E-state index contributed by atoms with van der Waals surface area (Å²) >= 11 is 0. The average molecular weight is 723 g/mol. The van der Waals surface area contributed by atoms with E-state index in [0.29, 0.717) is 0 Å². The van der Waals surface area contributed by atoms with Crippen LogP contribution < -0.4 is 0 Å². The Balaban J connectivity index is 1.36. The van der Waals surface area contributed by atoms with E-state index in [1.165, 1.54) is 32.1 Å². The van der Waals surface area contributed by atoms with E-state index in [9.17, 15) is 34.2 Å². The van der Waals surface area contributed by atoms with Crippen LogP contribution >= 0.6 is 0 Å². The van der Waals surface area contributed by atoms with E-state index in [0.717, 1.165) is 16.3 Å². The van der Waals surface area contributed by atoms with Gasteiger partial charge in [0.15, 0.2) is 5.60 Å². The van der Waals surface area contributed by atoms with Crippen LogP contribution in [0.1, 0.15) is 63.4 Å². The Morgan fingerprint density at radius 3 is 2.26 bits per heavy atom. The number of aliphatic hydroxyl groups excluding tert-OH is 1. The van der Waals surface area contributed by atoms with Crippen LogP contribution in [0.2, 0.25) is 0 Å². The molecule has 1 saturated heterocycles. The Morgan fingerprint density at radius 2 is 1.60 bits per heavy atom. The van der Waals surface area contributed by atoms with E-state index in [1.54, 1.807) is 45.0 Å². The van der Waals surface area contributed by atoms with Crippen molar-refractivity contribution in [3.63, 3.8) is 0 Å². The maximum absolute atomic E-state index is 14.7. The average Bonchev–Trinajstić information content (AvgIpc) is 3.12. The molecule has 3 aromatic carbocycles. The predicted molar refractivity (Wildman–Crippen MR) is 191 cm³/mol. The zero-order chi connectivity index (χ0) is 38.1. The summed E-state index contributed by atoms with van der Waals surface area (Å²) in [5, 5.41) is 27.0. The fourth-order valence-electron chi connectivity index (χ4n) is 9.21. The fourth-order valence-corrected chi connectivity index (χ4v) is 9.21. The smallest absolute Gasteiger partial charge is 0.338 e. The molecule has 0 aromatic heterocycles. The van der Waals surface area contributed by atoms with Gasteiger partial charge in [-0.15, -0.1) is 0 Å². The number of hydrogen-bond acceptors (Lipinski definition) is 11. The highest BCUT2D eigenvalue weighted by Gasteiger charge is 2.78. The van der Waals surface area contributed by atoms with Crippen LogP contribution in [-0.4, -0.2) is 81.9 Å². The monoisotopic (exact) mass is 722 g/mol. The Labute approximate surface area is 306 Å². The zero-order valence-corrected chi connectivity index (χ0v) is 30.2. The first-order valence-electron chi connectivity index (χ1n) is 17.7. The minimum Gasteiger partial charge on any atom is -0.455 e. The molecular formula is C42H42O11. The van der Waals surface area contributed by atoms with E-state index >= 15 is 0 Å². The van der Waals surface area contributed by atoms with Crippen molar-refractivity contribution in [2.75, 3.05) is 6.61 Å². The minimum atomic E-state index is -2.24. The van der Waals surface area contributed by atoms with Gasteiger partial charge in [-0.25, -0.2) is 9.59 Å². The lowest BCUT2D eigenvalue weighted by atomic mass is 9.45. The summed E-state index contributed by atoms with van der Waals surface area (Å²) in [6.45, 7) is 7.00. The first-order valence-corrected chi connectivity index (χ1v) is 17.7. The second-order valence-electron chi connectivity index (χ2n) is 15.4. The Hall–Kier alpha value is -4.97. The molecule has 2 saturated carbocycles. The third-order valence-electron chi connectivity index (χ3n) is 12.2. The lowest BCUT2D eigenvalue weighted by molar-refractivity contribution is -0.343. The number of carbonyl (C=O) groups is 5. The second kappa shape index (κ2) is 12.9. The second-order valence-corrected chi connectivity index (χ2v) is 15.4. The third-order valence-corrected chi connectivity index (χ3v) is 12.2. The van der Waals surface area contributed by atoms with Gasteiger partial charge in [0.1, 0.15) is 23.9 Å². The van der Waals surface area contributed by atoms with E-state index < -0.39 is 81.8 Å². The first kappa shape index (κ1) is 36.4. The SMILES string of the molecule is CC(=O)O[C@@]12CO[C@@H]1C[C@H](O)[C@@]1(C)C(=O)C(=O)C3=C(C)[C@@H](OC(=O)/C=C/c4ccc5ccccc5c4)C[C@@](O)([C@@H](OC(=O)c4ccccc4)[C@H]21)C3(C)C. The predicted octanol–water partition coefficient (Wildman–Crippen LogP) is 4.71. The minimum absolute atomic E-state index is 0.117. The van der Waals surface area contributed by atoms with Gasteiger partial charge < -0.3 is 29.2 Å². The van der Waals surface area contributed by atoms with Crippen LogP contribution in [0.15, 0.2) is 90.0 Å². The van der Waals surface area contributed by atoms with Gasteiger partial charge in [-0.3, -0.25) is 14.4 Å². The first-order chi connectivity index (χ1) is 25.0. The number of esters is 3. The topological polar surface area (TPSA) is 163 Å². The molecule has 7 rings (SSSR count). The molecule has 8 atom stereocenters. The molecular weight excluding hydrogens is 680 g/mol. The molecule has 0 amide bonds. The van der Waals surface area contributed by atoms with Crippen molar-refractivity contribution < 1.29 is 53.1 Å². The number of ketones is 2. The normalized spacial score (nSPS) is 33.2. The number of hydrogen-bond donors (Lipinski definition) is 2. The van der Waals surface area contributed by atoms with Gasteiger partial charge in [0.25, 0.3) is 0 Å². The molecule has 3 aromatic rings. The van der Waals surface area contributed by atoms with Gasteiger partial charge >= 0.3 is 17.9 Å². The molecule has 2 N–H and O–H groups in total. The van der Waals surface area contributed by atoms with E-state index in [-0.39, 0.29) is 36.2 Å². The highest BCUT2D eigenvalue weighted by Crippen LogP contribution is 2.63. The van der Waals surface area contributed by atoms with Gasteiger partial charge in [-0.2, -0.15) is 0 Å². The van der Waals surface area contributed by atoms with Gasteiger partial charge in [0, 0.05) is 36.8 Å². The molecule has 11 heteroatoms. The third kappa shape index (κ3) is 5.55. The Kier molecular flexibility index (Phi) is 8.83. The van der Waals surface area contributed by atoms with Crippen LogP contribution in [0.4, 0.5) is 0 Å². The molecule has 0 spiro atoms. The summed E-state index contributed by atoms with van der Waals surface area (Å²) in [5.74, 6) is -5.86. The highest BCUT2D eigenvalue weighted by molar-refractivity contribution is 6.46. The van der Waals surface area contributed by atoms with Crippen LogP contribution in [-0.2, 0) is 38.1 Å². The van der Waals surface area contributed by atoms with Crippen molar-refractivity contribution in [3.05, 3.63) is 101 Å². The van der Waals surface area contributed by atoms with Crippen molar-refractivity contribution in [2.24, 2.45) is 16.7 Å². The molecule has 0 radical (unpaired) electrons. The molecule has 4 aliphatic rings. The number of Topliss-reactive ketones (excluding diaryl/α,β-unsaturated/α-hetero) is 2. The molecule has 3 aliphatic carbocycles. The molecule has 1 aliphatic heterocycles. The highest BCUT2D eigenvalue weighted by atomic mass is 16.6. The Morgan fingerprint density at radius 1 is 0.925 bits per heavy atom. The molecule has 2 bridgehead atoms. The van der Waals surface area contributed by atoms with Crippen LogP contribution in [0, 0.1) is 16.7 Å². The number of aliphatic hydroxyl groups is 2. The quantitative estimate of drug-likeness (QED) is 0.157. The molecule has 11 nitrogen and oxygen atoms in total. The standard InChI is InChI=1S/C42H42O11/c1-23-29(51-32(45)18-16-25-15-17-26-11-9-10-14-28(26)19-25)21-42(49)37(52-38(48)27-12-7-6-8-13-27)35-40(5,36(47)34(46)33(23)39(42,3)4)30(44)20-31-41(35,22-50-31)53-24(2)43/h6-19,29-31,35,37,44,49H,20-22H2,1-5H3/b18-16+/t29-,30-,31+,35-,37-,40+,41-,42+/m0/s1. The fraction of sp³-hybridized carbons (Fsp3) is 0.405. The van der Waals surface area contributed by atoms with Crippen molar-refractivity contribution in [2.45, 2.75) is 83.1 Å². The van der Waals surface area contributed by atoms with Crippen LogP contribution in [0.3, 0.4) is 0 Å². The van der Waals surface area contributed by atoms with Crippen molar-refractivity contribution >= 4 is 46.3 Å². The van der Waals surface area contributed by atoms with E-state index in [4.69, 9.17) is 18.9 Å². The Bertz CT molecular complexity index is 2100. The molecule has 276 valence electrons. The summed E-state index contributed by atoms with van der Waals surface area (Å²) in [4.78, 5) is 69.5.